The van der Waals surface area contributed by atoms with E-state index >= 15 is 0 Å². The van der Waals surface area contributed by atoms with Crippen molar-refractivity contribution in [2.24, 2.45) is 5.10 Å². The average Bonchev–Trinajstić information content (AvgIpc) is 3.53. The van der Waals surface area contributed by atoms with E-state index in [1.807, 2.05) is 0 Å². The molecule has 32 heavy (non-hydrogen) atoms. The van der Waals surface area contributed by atoms with Gasteiger partial charge in [-0.1, -0.05) is 30.7 Å². The number of methoxy groups -OCH3 is 1. The Morgan fingerprint density at radius 3 is 2.34 bits per heavy atom. The Morgan fingerprint density at radius 2 is 1.75 bits per heavy atom. The van der Waals surface area contributed by atoms with E-state index in [1.165, 1.54) is 48.9 Å². The van der Waals surface area contributed by atoms with Crippen LogP contribution in [0, 0.1) is 0 Å². The molecule has 10 heteroatoms. The molecular formula is C22H28N8O2. The Hall–Kier alpha value is -3.63. The number of hydrogen-bond acceptors (Lipinski definition) is 8. The number of amidine groups is 1. The molecule has 2 aromatic carbocycles. The molecule has 1 saturated heterocycles. The van der Waals surface area contributed by atoms with Crippen molar-refractivity contribution in [2.45, 2.75) is 25.8 Å². The van der Waals surface area contributed by atoms with E-state index in [1.54, 1.807) is 31.4 Å². The molecule has 3 aromatic rings. The molecule has 0 atom stereocenters. The van der Waals surface area contributed by atoms with E-state index in [0.717, 1.165) is 23.7 Å². The Kier molecular flexibility index (Phi) is 7.15. The number of hydrazone groups is 1. The molecular weight excluding hydrogens is 408 g/mol. The highest BCUT2D eigenvalue weighted by Gasteiger charge is 2.11. The third-order valence-electron chi connectivity index (χ3n) is 5.36. The van der Waals surface area contributed by atoms with Crippen molar-refractivity contribution in [3.63, 3.8) is 0 Å². The first-order valence-corrected chi connectivity index (χ1v) is 10.7. The summed E-state index contributed by atoms with van der Waals surface area (Å²) >= 11 is 0. The minimum Gasteiger partial charge on any atom is -0.497 e. The number of H-pyrrole nitrogens is 1. The molecule has 0 aliphatic carbocycles. The second-order valence-electron chi connectivity index (χ2n) is 7.56. The fourth-order valence-electron chi connectivity index (χ4n) is 3.64. The molecule has 2 aliphatic heterocycles. The van der Waals surface area contributed by atoms with Crippen LogP contribution in [0.4, 0.5) is 0 Å². The predicted molar refractivity (Wildman–Crippen MR) is 122 cm³/mol. The van der Waals surface area contributed by atoms with Crippen molar-refractivity contribution < 1.29 is 4.74 Å². The third kappa shape index (κ3) is 5.54. The first-order valence-electron chi connectivity index (χ1n) is 10.7. The second-order valence-corrected chi connectivity index (χ2v) is 7.56. The lowest BCUT2D eigenvalue weighted by Crippen LogP contribution is -2.35. The van der Waals surface area contributed by atoms with Crippen molar-refractivity contribution in [2.75, 3.05) is 20.2 Å². The quantitative estimate of drug-likeness (QED) is 0.480. The molecule has 10 nitrogen and oxygen atoms in total. The monoisotopic (exact) mass is 436 g/mol. The molecule has 1 aromatic heterocycles. The largest absolute Gasteiger partial charge is 0.497 e. The summed E-state index contributed by atoms with van der Waals surface area (Å²) in [6, 6.07) is 15.7. The van der Waals surface area contributed by atoms with Crippen LogP contribution in [0.2, 0.25) is 0 Å². The summed E-state index contributed by atoms with van der Waals surface area (Å²) in [5.74, 6) is 1.58. The highest BCUT2D eigenvalue weighted by Crippen LogP contribution is 2.14. The van der Waals surface area contributed by atoms with Crippen molar-refractivity contribution in [3.8, 4) is 11.4 Å². The van der Waals surface area contributed by atoms with Crippen LogP contribution in [0.3, 0.4) is 0 Å². The molecule has 4 N–H and O–H groups in total. The number of ether oxygens (including phenoxy) is 1. The number of aromatic nitrogens is 3. The maximum absolute atomic E-state index is 11.2. The lowest BCUT2D eigenvalue weighted by atomic mass is 10.1. The molecule has 5 rings (SSSR count). The smallest absolute Gasteiger partial charge is 0.347 e. The zero-order chi connectivity index (χ0) is 22.2. The molecule has 1 fully saturated rings. The summed E-state index contributed by atoms with van der Waals surface area (Å²) < 4.78 is 6.28. The van der Waals surface area contributed by atoms with Crippen molar-refractivity contribution >= 4 is 5.84 Å². The highest BCUT2D eigenvalue weighted by atomic mass is 16.5. The number of piperidine rings is 1. The van der Waals surface area contributed by atoms with Gasteiger partial charge in [0, 0.05) is 12.1 Å². The van der Waals surface area contributed by atoms with E-state index < -0.39 is 0 Å². The van der Waals surface area contributed by atoms with Gasteiger partial charge in [0.2, 0.25) is 0 Å². The minimum absolute atomic E-state index is 0.254. The molecule has 0 radical (unpaired) electrons. The number of rotatable bonds is 5. The van der Waals surface area contributed by atoms with Crippen LogP contribution in [-0.4, -0.2) is 45.7 Å². The number of nitrogens with one attached hydrogen (secondary N) is 4. The van der Waals surface area contributed by atoms with Gasteiger partial charge in [-0.05, 0) is 55.8 Å². The number of nitrogens with zero attached hydrogens (tertiary/aromatic N) is 4. The van der Waals surface area contributed by atoms with E-state index in [2.05, 4.69) is 60.8 Å². The Labute approximate surface area is 186 Å². The van der Waals surface area contributed by atoms with Gasteiger partial charge in [-0.3, -0.25) is 15.3 Å². The zero-order valence-corrected chi connectivity index (χ0v) is 18.0. The Balaban J connectivity index is 0.000000158. The van der Waals surface area contributed by atoms with Gasteiger partial charge in [-0.25, -0.2) is 10.3 Å². The standard InChI is InChI=1S/C13H19N5.C9H9N3O2/c1-2-8-18(9-3-1)10-11-4-6-12(7-5-11)13-14-16-17-15-13;1-14-8-4-2-7(3-5-8)12-9(13)10-6-11-12/h4-7,16-17H,1-3,8-10H2,(H,14,15);2-6H,1H3,(H,10,11,13). The fraction of sp³-hybridized carbons (Fsp3) is 0.318. The van der Waals surface area contributed by atoms with Crippen LogP contribution in [0.25, 0.3) is 5.69 Å². The summed E-state index contributed by atoms with van der Waals surface area (Å²) in [5.41, 5.74) is 11.3. The predicted octanol–water partition coefficient (Wildman–Crippen LogP) is 1.52. The zero-order valence-electron chi connectivity index (χ0n) is 18.0. The number of likely N-dealkylation sites (tertiary alicyclic amines) is 1. The fourth-order valence-corrected chi connectivity index (χ4v) is 3.64. The third-order valence-corrected chi connectivity index (χ3v) is 5.36. The summed E-state index contributed by atoms with van der Waals surface area (Å²) in [6.07, 6.45) is 5.43. The molecule has 3 heterocycles. The first kappa shape index (κ1) is 21.6. The van der Waals surface area contributed by atoms with Gasteiger partial charge >= 0.3 is 5.69 Å². The SMILES string of the molecule is COc1ccc(-n2nc[nH]c2=O)cc1.c1cc(C2=NNNN2)ccc1CN1CCCCC1. The van der Waals surface area contributed by atoms with Crippen LogP contribution in [0.15, 0.2) is 64.8 Å². The van der Waals surface area contributed by atoms with E-state index in [0.29, 0.717) is 5.69 Å². The van der Waals surface area contributed by atoms with Gasteiger partial charge in [0.25, 0.3) is 0 Å². The van der Waals surface area contributed by atoms with Gasteiger partial charge in [-0.2, -0.15) is 9.78 Å². The van der Waals surface area contributed by atoms with Gasteiger partial charge in [0.05, 0.1) is 12.8 Å². The van der Waals surface area contributed by atoms with Gasteiger partial charge in [0.1, 0.15) is 12.1 Å². The molecule has 0 bridgehead atoms. The molecule has 0 amide bonds. The number of hydrogen-bond donors (Lipinski definition) is 4. The lowest BCUT2D eigenvalue weighted by Gasteiger charge is -2.26. The lowest BCUT2D eigenvalue weighted by molar-refractivity contribution is 0.221. The second kappa shape index (κ2) is 10.6. The Morgan fingerprint density at radius 1 is 1.00 bits per heavy atom. The van der Waals surface area contributed by atoms with Gasteiger partial charge < -0.3 is 4.74 Å². The maximum atomic E-state index is 11.2. The van der Waals surface area contributed by atoms with E-state index in [-0.39, 0.29) is 5.69 Å². The highest BCUT2D eigenvalue weighted by molar-refractivity contribution is 5.98. The number of benzene rings is 2. The average molecular weight is 437 g/mol. The molecule has 2 aliphatic rings. The molecule has 0 unspecified atom stereocenters. The van der Waals surface area contributed by atoms with Crippen molar-refractivity contribution in [3.05, 3.63) is 76.5 Å². The van der Waals surface area contributed by atoms with Crippen molar-refractivity contribution in [1.82, 2.24) is 36.2 Å². The van der Waals surface area contributed by atoms with Crippen molar-refractivity contribution in [1.29, 1.82) is 0 Å². The first-order chi connectivity index (χ1) is 15.7. The van der Waals surface area contributed by atoms with Crippen LogP contribution in [-0.2, 0) is 6.54 Å². The van der Waals surface area contributed by atoms with Gasteiger partial charge in [-0.15, -0.1) is 10.6 Å². The minimum atomic E-state index is -0.254. The summed E-state index contributed by atoms with van der Waals surface area (Å²) in [7, 11) is 1.59. The summed E-state index contributed by atoms with van der Waals surface area (Å²) in [6.45, 7) is 3.55. The van der Waals surface area contributed by atoms with E-state index in [9.17, 15) is 4.79 Å². The number of aromatic amines is 1. The Bertz CT molecular complexity index is 1070. The topological polar surface area (TPSA) is 112 Å². The van der Waals surface area contributed by atoms with Gasteiger partial charge in [0.15, 0.2) is 5.84 Å². The van der Waals surface area contributed by atoms with Crippen LogP contribution in [0.1, 0.15) is 30.4 Å². The molecule has 0 spiro atoms. The normalized spacial score (nSPS) is 15.7. The van der Waals surface area contributed by atoms with Crippen LogP contribution < -0.4 is 26.9 Å². The molecule has 168 valence electrons. The summed E-state index contributed by atoms with van der Waals surface area (Å²) in [5, 5.41) is 7.93. The van der Waals surface area contributed by atoms with E-state index in [4.69, 9.17) is 4.74 Å². The van der Waals surface area contributed by atoms with Crippen LogP contribution >= 0.6 is 0 Å². The number of hydrazine groups is 2. The van der Waals surface area contributed by atoms with Crippen LogP contribution in [0.5, 0.6) is 5.75 Å². The molecule has 0 saturated carbocycles. The maximum Gasteiger partial charge on any atom is 0.347 e. The summed E-state index contributed by atoms with van der Waals surface area (Å²) in [4.78, 5) is 16.2.